The first kappa shape index (κ1) is 17.8. The molecule has 1 unspecified atom stereocenters. The van der Waals surface area contributed by atoms with Crippen LogP contribution >= 0.6 is 0 Å². The third-order valence-corrected chi connectivity index (χ3v) is 4.32. The number of ether oxygens (including phenoxy) is 1. The lowest BCUT2D eigenvalue weighted by atomic mass is 10.0. The van der Waals surface area contributed by atoms with Gasteiger partial charge in [-0.05, 0) is 30.3 Å². The van der Waals surface area contributed by atoms with Crippen LogP contribution in [0.4, 0.5) is 8.78 Å². The van der Waals surface area contributed by atoms with E-state index in [1.807, 2.05) is 6.07 Å². The van der Waals surface area contributed by atoms with Gasteiger partial charge < -0.3 is 15.2 Å². The Morgan fingerprint density at radius 2 is 1.92 bits per heavy atom. The van der Waals surface area contributed by atoms with Gasteiger partial charge in [0.15, 0.2) is 0 Å². The highest BCUT2D eigenvalue weighted by molar-refractivity contribution is 5.23. The molecule has 0 amide bonds. The molecule has 2 aromatic rings. The first-order valence-corrected chi connectivity index (χ1v) is 8.39. The molecule has 0 saturated carbocycles. The molecule has 134 valence electrons. The highest BCUT2D eigenvalue weighted by Crippen LogP contribution is 2.24. The summed E-state index contributed by atoms with van der Waals surface area (Å²) in [7, 11) is 0. The maximum atomic E-state index is 14.1. The monoisotopic (exact) mass is 348 g/mol. The van der Waals surface area contributed by atoms with E-state index in [-0.39, 0.29) is 24.3 Å². The number of aliphatic hydroxyl groups excluding tert-OH is 1. The fourth-order valence-corrected chi connectivity index (χ4v) is 3.06. The van der Waals surface area contributed by atoms with E-state index in [2.05, 4.69) is 10.2 Å². The van der Waals surface area contributed by atoms with Gasteiger partial charge in [0, 0.05) is 31.7 Å². The Morgan fingerprint density at radius 1 is 1.16 bits per heavy atom. The van der Waals surface area contributed by atoms with Crippen LogP contribution in [0.5, 0.6) is 5.75 Å². The van der Waals surface area contributed by atoms with E-state index in [0.29, 0.717) is 30.9 Å². The van der Waals surface area contributed by atoms with Gasteiger partial charge in [0.2, 0.25) is 0 Å². The zero-order valence-corrected chi connectivity index (χ0v) is 13.9. The van der Waals surface area contributed by atoms with Crippen molar-refractivity contribution in [2.24, 2.45) is 0 Å². The highest BCUT2D eigenvalue weighted by Gasteiger charge is 2.27. The summed E-state index contributed by atoms with van der Waals surface area (Å²) in [6, 6.07) is 12.3. The molecular formula is C19H22F2N2O2. The smallest absolute Gasteiger partial charge is 0.128 e. The molecule has 2 N–H and O–H groups in total. The molecule has 0 radical (unpaired) electrons. The summed E-state index contributed by atoms with van der Waals surface area (Å²) >= 11 is 0. The molecular weight excluding hydrogens is 326 g/mol. The molecule has 0 spiro atoms. The Balaban J connectivity index is 1.59. The number of halogens is 2. The molecule has 1 fully saturated rings. The minimum atomic E-state index is -0.725. The molecule has 4 nitrogen and oxygen atoms in total. The van der Waals surface area contributed by atoms with E-state index < -0.39 is 6.10 Å². The summed E-state index contributed by atoms with van der Waals surface area (Å²) in [6.07, 6.45) is -0.725. The van der Waals surface area contributed by atoms with Crippen molar-refractivity contribution < 1.29 is 18.6 Å². The van der Waals surface area contributed by atoms with Crippen LogP contribution in [0.25, 0.3) is 0 Å². The summed E-state index contributed by atoms with van der Waals surface area (Å²) in [6.45, 7) is 2.61. The lowest BCUT2D eigenvalue weighted by molar-refractivity contribution is 0.0429. The summed E-state index contributed by atoms with van der Waals surface area (Å²) in [4.78, 5) is 2.06. The minimum Gasteiger partial charge on any atom is -0.491 e. The predicted octanol–water partition coefficient (Wildman–Crippen LogP) is 2.35. The zero-order chi connectivity index (χ0) is 17.6. The van der Waals surface area contributed by atoms with Gasteiger partial charge in [0.05, 0.1) is 6.04 Å². The fourth-order valence-electron chi connectivity index (χ4n) is 3.06. The Bertz CT molecular complexity index is 681. The lowest BCUT2D eigenvalue weighted by Crippen LogP contribution is -2.49. The molecule has 1 heterocycles. The van der Waals surface area contributed by atoms with Gasteiger partial charge in [-0.3, -0.25) is 4.90 Å². The fraction of sp³-hybridized carbons (Fsp3) is 0.368. The summed E-state index contributed by atoms with van der Waals surface area (Å²) in [5, 5.41) is 13.6. The standard InChI is InChI=1S/C19H22F2N2O2/c20-14-5-7-16(8-6-14)25-13-15(24)12-23-10-9-22-11-19(23)17-3-1-2-4-18(17)21/h1-8,15,19,22,24H,9-13H2/t15-,19?/m1/s1. The van der Waals surface area contributed by atoms with Gasteiger partial charge in [0.25, 0.3) is 0 Å². The van der Waals surface area contributed by atoms with Crippen molar-refractivity contribution in [1.82, 2.24) is 10.2 Å². The van der Waals surface area contributed by atoms with E-state index in [1.165, 1.54) is 30.3 Å². The average molecular weight is 348 g/mol. The largest absolute Gasteiger partial charge is 0.491 e. The molecule has 0 aromatic heterocycles. The molecule has 1 aliphatic heterocycles. The van der Waals surface area contributed by atoms with E-state index in [9.17, 15) is 13.9 Å². The van der Waals surface area contributed by atoms with Crippen LogP contribution in [0.3, 0.4) is 0 Å². The number of β-amino-alcohol motifs (C(OH)–C–C–N with tert-alkyl or cyclic N) is 1. The van der Waals surface area contributed by atoms with Gasteiger partial charge in [-0.15, -0.1) is 0 Å². The Labute approximate surface area is 146 Å². The molecule has 2 aromatic carbocycles. The highest BCUT2D eigenvalue weighted by atomic mass is 19.1. The number of hydrogen-bond donors (Lipinski definition) is 2. The normalized spacial score (nSPS) is 19.6. The van der Waals surface area contributed by atoms with Crippen LogP contribution in [0.1, 0.15) is 11.6 Å². The number of nitrogens with zero attached hydrogens (tertiary/aromatic N) is 1. The number of hydrogen-bond acceptors (Lipinski definition) is 4. The molecule has 0 aliphatic carbocycles. The Morgan fingerprint density at radius 3 is 2.68 bits per heavy atom. The SMILES string of the molecule is O[C@@H](COc1ccc(F)cc1)CN1CCNCC1c1ccccc1F. The molecule has 25 heavy (non-hydrogen) atoms. The van der Waals surface area contributed by atoms with Gasteiger partial charge in [0.1, 0.15) is 30.1 Å². The maximum absolute atomic E-state index is 14.1. The Kier molecular flexibility index (Phi) is 5.96. The Hall–Kier alpha value is -2.02. The summed E-state index contributed by atoms with van der Waals surface area (Å²) in [5.41, 5.74) is 0.626. The van der Waals surface area contributed by atoms with Crippen molar-refractivity contribution in [3.05, 3.63) is 65.7 Å². The second-order valence-corrected chi connectivity index (χ2v) is 6.16. The topological polar surface area (TPSA) is 44.7 Å². The van der Waals surface area contributed by atoms with Crippen LogP contribution < -0.4 is 10.1 Å². The van der Waals surface area contributed by atoms with Gasteiger partial charge in [-0.1, -0.05) is 18.2 Å². The number of piperazine rings is 1. The van der Waals surface area contributed by atoms with Crippen molar-refractivity contribution in [1.29, 1.82) is 0 Å². The van der Waals surface area contributed by atoms with Crippen molar-refractivity contribution in [2.45, 2.75) is 12.1 Å². The molecule has 1 saturated heterocycles. The third-order valence-electron chi connectivity index (χ3n) is 4.32. The number of benzene rings is 2. The third kappa shape index (κ3) is 4.75. The van der Waals surface area contributed by atoms with Crippen LogP contribution in [0.15, 0.2) is 48.5 Å². The quantitative estimate of drug-likeness (QED) is 0.841. The number of nitrogens with one attached hydrogen (secondary N) is 1. The summed E-state index contributed by atoms with van der Waals surface area (Å²) in [5.74, 6) is -0.0638. The lowest BCUT2D eigenvalue weighted by Gasteiger charge is -2.37. The van der Waals surface area contributed by atoms with Crippen LogP contribution in [0, 0.1) is 11.6 Å². The molecule has 0 bridgehead atoms. The van der Waals surface area contributed by atoms with Gasteiger partial charge in [-0.25, -0.2) is 8.78 Å². The molecule has 2 atom stereocenters. The average Bonchev–Trinajstić information content (AvgIpc) is 2.62. The first-order chi connectivity index (χ1) is 12.1. The molecule has 1 aliphatic rings. The second kappa shape index (κ2) is 8.38. The zero-order valence-electron chi connectivity index (χ0n) is 13.9. The molecule has 6 heteroatoms. The molecule has 3 rings (SSSR count). The van der Waals surface area contributed by atoms with Crippen molar-refractivity contribution in [3.63, 3.8) is 0 Å². The van der Waals surface area contributed by atoms with Crippen molar-refractivity contribution in [2.75, 3.05) is 32.8 Å². The van der Waals surface area contributed by atoms with Crippen molar-refractivity contribution in [3.8, 4) is 5.75 Å². The van der Waals surface area contributed by atoms with Gasteiger partial charge >= 0.3 is 0 Å². The van der Waals surface area contributed by atoms with Crippen molar-refractivity contribution >= 4 is 0 Å². The van der Waals surface area contributed by atoms with Gasteiger partial charge in [-0.2, -0.15) is 0 Å². The van der Waals surface area contributed by atoms with Crippen LogP contribution in [-0.4, -0.2) is 48.9 Å². The number of aliphatic hydroxyl groups is 1. The number of rotatable bonds is 6. The van der Waals surface area contributed by atoms with E-state index >= 15 is 0 Å². The first-order valence-electron chi connectivity index (χ1n) is 8.39. The maximum Gasteiger partial charge on any atom is 0.128 e. The predicted molar refractivity (Wildman–Crippen MR) is 91.5 cm³/mol. The van der Waals surface area contributed by atoms with E-state index in [4.69, 9.17) is 4.74 Å². The van der Waals surface area contributed by atoms with E-state index in [1.54, 1.807) is 12.1 Å². The van der Waals surface area contributed by atoms with Crippen LogP contribution in [-0.2, 0) is 0 Å². The minimum absolute atomic E-state index is 0.0968. The van der Waals surface area contributed by atoms with Crippen LogP contribution in [0.2, 0.25) is 0 Å². The van der Waals surface area contributed by atoms with E-state index in [0.717, 1.165) is 6.54 Å². The second-order valence-electron chi connectivity index (χ2n) is 6.16. The summed E-state index contributed by atoms with van der Waals surface area (Å²) < 4.78 is 32.5.